The van der Waals surface area contributed by atoms with Gasteiger partial charge in [-0.25, -0.2) is 15.0 Å². The molecule has 9 rings (SSSR count). The maximum atomic E-state index is 8.76. The summed E-state index contributed by atoms with van der Waals surface area (Å²) in [6.07, 6.45) is 0. The molecule has 0 amide bonds. The van der Waals surface area contributed by atoms with Crippen LogP contribution >= 0.6 is 11.3 Å². The fraction of sp³-hybridized carbons (Fsp3) is 0. The molecule has 49 heavy (non-hydrogen) atoms. The molecule has 0 bridgehead atoms. The first-order chi connectivity index (χ1) is 26.4. The predicted molar refractivity (Wildman–Crippen MR) is 205 cm³/mol. The zero-order chi connectivity index (χ0) is 36.9. The van der Waals surface area contributed by atoms with Crippen LogP contribution in [0.15, 0.2) is 176 Å². The standard InChI is InChI=1S/C45H29N3S/c1-4-13-30(14-5-1)32-25-27-34(28-26-32)44-46-43(33-17-8-3-9-18-33)47-45(48-44)39-23-12-24-40-41(39)38-22-11-21-37(42(38)49-40)36-20-10-19-35(29-36)31-15-6-2-7-16-31/h1-29H/i3D,8D,9D,17D,18D. The SMILES string of the molecule is [2H]c1c([2H])c([2H])c(-c2nc(-c3ccc(-c4ccccc4)cc3)nc(-c3cccc4sc5c(-c6cccc(-c7ccccc7)c6)cccc5c34)n2)c([2H])c1[2H]. The van der Waals surface area contributed by atoms with Crippen molar-refractivity contribution in [2.24, 2.45) is 0 Å². The van der Waals surface area contributed by atoms with E-state index in [0.717, 1.165) is 59.1 Å². The number of rotatable bonds is 6. The molecule has 0 atom stereocenters. The van der Waals surface area contributed by atoms with Crippen LogP contribution in [-0.2, 0) is 0 Å². The van der Waals surface area contributed by atoms with Crippen LogP contribution in [0, 0.1) is 0 Å². The Kier molecular flexibility index (Phi) is 6.08. The first kappa shape index (κ1) is 24.0. The van der Waals surface area contributed by atoms with Crippen molar-refractivity contribution in [3.05, 3.63) is 176 Å². The van der Waals surface area contributed by atoms with Crippen molar-refractivity contribution < 1.29 is 6.85 Å². The third-order valence-corrected chi connectivity index (χ3v) is 9.86. The topological polar surface area (TPSA) is 38.7 Å². The Morgan fingerprint density at radius 3 is 1.71 bits per heavy atom. The van der Waals surface area contributed by atoms with Crippen molar-refractivity contribution in [2.45, 2.75) is 0 Å². The summed E-state index contributed by atoms with van der Waals surface area (Å²) in [5.74, 6) is 0.682. The van der Waals surface area contributed by atoms with Gasteiger partial charge in [-0.1, -0.05) is 164 Å². The van der Waals surface area contributed by atoms with E-state index in [9.17, 15) is 0 Å². The molecule has 4 heteroatoms. The van der Waals surface area contributed by atoms with Gasteiger partial charge >= 0.3 is 0 Å². The highest BCUT2D eigenvalue weighted by Gasteiger charge is 2.18. The van der Waals surface area contributed by atoms with E-state index in [-0.39, 0.29) is 23.5 Å². The highest BCUT2D eigenvalue weighted by Crippen LogP contribution is 2.44. The summed E-state index contributed by atoms with van der Waals surface area (Å²) >= 11 is 1.70. The van der Waals surface area contributed by atoms with Crippen LogP contribution in [0.25, 0.3) is 87.7 Å². The second kappa shape index (κ2) is 12.4. The number of nitrogens with zero attached hydrogens (tertiary/aromatic N) is 3. The smallest absolute Gasteiger partial charge is 0.164 e. The van der Waals surface area contributed by atoms with Crippen molar-refractivity contribution >= 4 is 31.5 Å². The Hall–Kier alpha value is -6.23. The zero-order valence-electron chi connectivity index (χ0n) is 31.1. The molecule has 7 aromatic carbocycles. The summed E-state index contributed by atoms with van der Waals surface area (Å²) in [6.45, 7) is 0. The van der Waals surface area contributed by atoms with E-state index in [1.807, 2.05) is 84.9 Å². The lowest BCUT2D eigenvalue weighted by Crippen LogP contribution is -2.00. The Morgan fingerprint density at radius 2 is 0.959 bits per heavy atom. The quantitative estimate of drug-likeness (QED) is 0.180. The third kappa shape index (κ3) is 5.48. The van der Waals surface area contributed by atoms with Gasteiger partial charge in [-0.3, -0.25) is 0 Å². The molecule has 230 valence electrons. The Bertz CT molecular complexity index is 2850. The van der Waals surface area contributed by atoms with Crippen molar-refractivity contribution in [1.29, 1.82) is 0 Å². The molecule has 0 saturated heterocycles. The summed E-state index contributed by atoms with van der Waals surface area (Å²) in [4.78, 5) is 14.7. The highest BCUT2D eigenvalue weighted by molar-refractivity contribution is 7.26. The second-order valence-corrected chi connectivity index (χ2v) is 12.7. The van der Waals surface area contributed by atoms with Gasteiger partial charge in [0.1, 0.15) is 0 Å². The van der Waals surface area contributed by atoms with Crippen LogP contribution in [0.1, 0.15) is 6.85 Å². The molecule has 0 N–H and O–H groups in total. The number of hydrogen-bond donors (Lipinski definition) is 0. The van der Waals surface area contributed by atoms with Crippen LogP contribution in [-0.4, -0.2) is 15.0 Å². The summed E-state index contributed by atoms with van der Waals surface area (Å²) in [7, 11) is 0. The number of fused-ring (bicyclic) bond motifs is 3. The van der Waals surface area contributed by atoms with Crippen LogP contribution in [0.5, 0.6) is 0 Å². The van der Waals surface area contributed by atoms with Gasteiger partial charge in [0, 0.05) is 36.9 Å². The van der Waals surface area contributed by atoms with E-state index in [0.29, 0.717) is 17.2 Å². The van der Waals surface area contributed by atoms with E-state index < -0.39 is 18.1 Å². The van der Waals surface area contributed by atoms with Crippen molar-refractivity contribution in [1.82, 2.24) is 15.0 Å². The molecule has 0 aliphatic heterocycles. The third-order valence-electron chi connectivity index (χ3n) is 8.65. The molecule has 2 heterocycles. The number of aromatic nitrogens is 3. The molecule has 0 radical (unpaired) electrons. The molecular weight excluding hydrogens is 615 g/mol. The summed E-state index contributed by atoms with van der Waals surface area (Å²) in [5.41, 5.74) is 8.01. The van der Waals surface area contributed by atoms with Gasteiger partial charge in [0.15, 0.2) is 17.5 Å². The fourth-order valence-electron chi connectivity index (χ4n) is 6.30. The molecule has 0 saturated carbocycles. The van der Waals surface area contributed by atoms with E-state index in [1.165, 1.54) is 0 Å². The largest absolute Gasteiger partial charge is 0.208 e. The summed E-state index contributed by atoms with van der Waals surface area (Å²) < 4.78 is 44.6. The van der Waals surface area contributed by atoms with E-state index in [4.69, 9.17) is 21.8 Å². The van der Waals surface area contributed by atoms with Gasteiger partial charge in [-0.05, 0) is 45.5 Å². The zero-order valence-corrected chi connectivity index (χ0v) is 26.9. The molecule has 0 spiro atoms. The first-order valence-electron chi connectivity index (χ1n) is 18.5. The predicted octanol–water partition coefficient (Wildman–Crippen LogP) is 12.2. The van der Waals surface area contributed by atoms with Crippen LogP contribution < -0.4 is 0 Å². The lowest BCUT2D eigenvalue weighted by Gasteiger charge is -2.10. The number of benzene rings is 7. The molecule has 0 aliphatic carbocycles. The fourth-order valence-corrected chi connectivity index (χ4v) is 7.56. The van der Waals surface area contributed by atoms with Crippen LogP contribution in [0.3, 0.4) is 0 Å². The minimum atomic E-state index is -0.473. The van der Waals surface area contributed by atoms with Crippen LogP contribution in [0.4, 0.5) is 0 Å². The van der Waals surface area contributed by atoms with Crippen molar-refractivity contribution in [3.8, 4) is 67.5 Å². The monoisotopic (exact) mass is 648 g/mol. The maximum absolute atomic E-state index is 8.76. The molecule has 3 nitrogen and oxygen atoms in total. The first-order valence-corrected chi connectivity index (χ1v) is 16.8. The lowest BCUT2D eigenvalue weighted by atomic mass is 9.97. The van der Waals surface area contributed by atoms with Gasteiger partial charge in [0.25, 0.3) is 0 Å². The average Bonchev–Trinajstić information content (AvgIpc) is 3.62. The molecule has 0 aliphatic rings. The number of thiophene rings is 1. The van der Waals surface area contributed by atoms with Gasteiger partial charge in [0.2, 0.25) is 0 Å². The average molecular weight is 649 g/mol. The van der Waals surface area contributed by atoms with E-state index in [2.05, 4.69) is 60.7 Å². The minimum absolute atomic E-state index is 0.00842. The van der Waals surface area contributed by atoms with Crippen molar-refractivity contribution in [2.75, 3.05) is 0 Å². The maximum Gasteiger partial charge on any atom is 0.164 e. The second-order valence-electron chi connectivity index (χ2n) is 11.7. The Morgan fingerprint density at radius 1 is 0.408 bits per heavy atom. The molecule has 2 aromatic heterocycles. The van der Waals surface area contributed by atoms with E-state index >= 15 is 0 Å². The number of hydrogen-bond acceptors (Lipinski definition) is 4. The van der Waals surface area contributed by atoms with Crippen molar-refractivity contribution in [3.63, 3.8) is 0 Å². The van der Waals surface area contributed by atoms with Gasteiger partial charge in [0.05, 0.1) is 6.85 Å². The summed E-state index contributed by atoms with van der Waals surface area (Å²) in [6, 6.07) is 47.1. The molecule has 0 unspecified atom stereocenters. The summed E-state index contributed by atoms with van der Waals surface area (Å²) in [5, 5.41) is 2.02. The Labute approximate surface area is 295 Å². The molecular formula is C45H29N3S. The highest BCUT2D eigenvalue weighted by atomic mass is 32.1. The minimum Gasteiger partial charge on any atom is -0.208 e. The van der Waals surface area contributed by atoms with Gasteiger partial charge in [-0.2, -0.15) is 0 Å². The lowest BCUT2D eigenvalue weighted by molar-refractivity contribution is 1.08. The Balaban J connectivity index is 1.25. The molecule has 0 fully saturated rings. The van der Waals surface area contributed by atoms with Gasteiger partial charge in [-0.15, -0.1) is 11.3 Å². The van der Waals surface area contributed by atoms with Crippen LogP contribution in [0.2, 0.25) is 0 Å². The molecule has 9 aromatic rings. The normalized spacial score (nSPS) is 12.7. The van der Waals surface area contributed by atoms with E-state index in [1.54, 1.807) is 11.3 Å². The van der Waals surface area contributed by atoms with Gasteiger partial charge < -0.3 is 0 Å².